The fourth-order valence-electron chi connectivity index (χ4n) is 6.09. The molecule has 1 aromatic heterocycles. The Morgan fingerprint density at radius 2 is 1.45 bits per heavy atom. The van der Waals surface area contributed by atoms with Gasteiger partial charge in [-0.3, -0.25) is 33.8 Å². The molecule has 1 saturated carbocycles. The Balaban J connectivity index is 1.56. The standard InChI is InChI=1S/C36H49F2N7O6/c1-20(2)30(45-35(50)31(21(3)4)44-33(48)27-19-39-14-15-40-27)34(49)41-18-25-13-9-12-24(25)16-29(46)43-26(17-28(37)38)32(47)36(51)42-22(5)23-10-7-6-8-11-23/h6-8,10-11,14-15,19-22,24-26,28,30-31H,9,12-13,16-18H2,1-5H3,(H,41,49)(H,42,51)(H,43,46)(H,44,48)(H,45,50)/t22-,24+,25-,26?,30-,31+/m0/s1. The molecule has 3 rings (SSSR count). The summed E-state index contributed by atoms with van der Waals surface area (Å²) in [5.41, 5.74) is 0.765. The van der Waals surface area contributed by atoms with E-state index in [1.165, 1.54) is 18.6 Å². The predicted molar refractivity (Wildman–Crippen MR) is 184 cm³/mol. The van der Waals surface area contributed by atoms with Gasteiger partial charge in [-0.25, -0.2) is 13.8 Å². The second-order valence-electron chi connectivity index (χ2n) is 13.6. The Morgan fingerprint density at radius 1 is 0.804 bits per heavy atom. The highest BCUT2D eigenvalue weighted by atomic mass is 19.3. The summed E-state index contributed by atoms with van der Waals surface area (Å²) in [4.78, 5) is 85.7. The van der Waals surface area contributed by atoms with Gasteiger partial charge < -0.3 is 26.6 Å². The molecule has 1 aliphatic rings. The van der Waals surface area contributed by atoms with Crippen LogP contribution < -0.4 is 26.6 Å². The van der Waals surface area contributed by atoms with Crippen LogP contribution >= 0.6 is 0 Å². The van der Waals surface area contributed by atoms with Gasteiger partial charge in [-0.2, -0.15) is 0 Å². The smallest absolute Gasteiger partial charge is 0.290 e. The predicted octanol–water partition coefficient (Wildman–Crippen LogP) is 2.88. The van der Waals surface area contributed by atoms with E-state index in [-0.39, 0.29) is 42.3 Å². The molecule has 0 aliphatic heterocycles. The molecule has 15 heteroatoms. The number of amides is 5. The van der Waals surface area contributed by atoms with Crippen molar-refractivity contribution in [3.63, 3.8) is 0 Å². The van der Waals surface area contributed by atoms with Crippen molar-refractivity contribution in [3.05, 3.63) is 60.2 Å². The molecule has 278 valence electrons. The van der Waals surface area contributed by atoms with Crippen LogP contribution in [0.1, 0.15) is 88.8 Å². The minimum Gasteiger partial charge on any atom is -0.354 e. The summed E-state index contributed by atoms with van der Waals surface area (Å²) < 4.78 is 26.8. The van der Waals surface area contributed by atoms with E-state index in [2.05, 4.69) is 36.6 Å². The Kier molecular flexibility index (Phi) is 15.6. The zero-order chi connectivity index (χ0) is 37.7. The Morgan fingerprint density at radius 3 is 2.06 bits per heavy atom. The fraction of sp³-hybridized carbons (Fsp3) is 0.556. The second kappa shape index (κ2) is 19.5. The summed E-state index contributed by atoms with van der Waals surface area (Å²) in [6.45, 7) is 8.92. The van der Waals surface area contributed by atoms with E-state index >= 15 is 0 Å². The SMILES string of the molecule is CC(C)[C@H](NC(=O)[C@H](NC(=O)c1cnccn1)C(C)C)C(=O)NC[C@@H]1CCC[C@@H]1CC(=O)NC(CC(F)F)C(=O)C(=O)N[C@@H](C)c1ccccc1. The van der Waals surface area contributed by atoms with Gasteiger partial charge in [-0.1, -0.05) is 64.4 Å². The molecule has 1 aliphatic carbocycles. The van der Waals surface area contributed by atoms with Gasteiger partial charge in [0, 0.05) is 31.8 Å². The average molecular weight is 714 g/mol. The number of benzene rings is 1. The van der Waals surface area contributed by atoms with Crippen molar-refractivity contribution >= 4 is 35.3 Å². The van der Waals surface area contributed by atoms with E-state index in [9.17, 15) is 37.5 Å². The number of Topliss-reactive ketones (excluding diaryl/α,β-unsaturated/α-hetero) is 1. The zero-order valence-electron chi connectivity index (χ0n) is 29.7. The number of rotatable bonds is 18. The monoisotopic (exact) mass is 713 g/mol. The van der Waals surface area contributed by atoms with Crippen molar-refractivity contribution in [2.45, 2.75) is 97.3 Å². The number of halogens is 2. The Bertz CT molecular complexity index is 1500. The highest BCUT2D eigenvalue weighted by molar-refractivity contribution is 6.38. The van der Waals surface area contributed by atoms with Crippen LogP contribution in [0, 0.1) is 23.7 Å². The van der Waals surface area contributed by atoms with Crippen molar-refractivity contribution in [3.8, 4) is 0 Å². The summed E-state index contributed by atoms with van der Waals surface area (Å²) in [5.74, 6) is -5.38. The third-order valence-electron chi connectivity index (χ3n) is 9.02. The summed E-state index contributed by atoms with van der Waals surface area (Å²) >= 11 is 0. The normalized spacial score (nSPS) is 18.0. The van der Waals surface area contributed by atoms with E-state index < -0.39 is 72.3 Å². The van der Waals surface area contributed by atoms with Crippen LogP contribution in [-0.4, -0.2) is 76.4 Å². The highest BCUT2D eigenvalue weighted by Crippen LogP contribution is 2.34. The molecule has 6 atom stereocenters. The van der Waals surface area contributed by atoms with E-state index in [1.807, 2.05) is 0 Å². The minimum absolute atomic E-state index is 0.0454. The number of aromatic nitrogens is 2. The van der Waals surface area contributed by atoms with Gasteiger partial charge in [-0.15, -0.1) is 0 Å². The van der Waals surface area contributed by atoms with Crippen LogP contribution in [0.2, 0.25) is 0 Å². The maximum absolute atomic E-state index is 13.4. The molecule has 51 heavy (non-hydrogen) atoms. The quantitative estimate of drug-likeness (QED) is 0.146. The third-order valence-corrected chi connectivity index (χ3v) is 9.02. The number of hydrogen-bond donors (Lipinski definition) is 5. The van der Waals surface area contributed by atoms with Crippen molar-refractivity contribution in [1.29, 1.82) is 0 Å². The molecule has 2 aromatic rings. The molecule has 13 nitrogen and oxygen atoms in total. The highest BCUT2D eigenvalue weighted by Gasteiger charge is 2.35. The molecule has 1 fully saturated rings. The van der Waals surface area contributed by atoms with Crippen LogP contribution in [-0.2, 0) is 24.0 Å². The van der Waals surface area contributed by atoms with E-state index in [4.69, 9.17) is 0 Å². The summed E-state index contributed by atoms with van der Waals surface area (Å²) in [6.07, 6.45) is 2.14. The summed E-state index contributed by atoms with van der Waals surface area (Å²) in [6, 6.07) is 4.68. The largest absolute Gasteiger partial charge is 0.354 e. The van der Waals surface area contributed by atoms with Gasteiger partial charge in [0.05, 0.1) is 12.2 Å². The Labute approximate surface area is 296 Å². The lowest BCUT2D eigenvalue weighted by Crippen LogP contribution is -2.57. The zero-order valence-corrected chi connectivity index (χ0v) is 29.7. The van der Waals surface area contributed by atoms with E-state index in [0.29, 0.717) is 12.8 Å². The second-order valence-corrected chi connectivity index (χ2v) is 13.6. The number of hydrogen-bond acceptors (Lipinski definition) is 8. The molecule has 5 N–H and O–H groups in total. The lowest BCUT2D eigenvalue weighted by Gasteiger charge is -2.28. The minimum atomic E-state index is -2.94. The molecule has 0 spiro atoms. The molecule has 1 aromatic carbocycles. The fourth-order valence-corrected chi connectivity index (χ4v) is 6.09. The number of ketones is 1. The van der Waals surface area contributed by atoms with Gasteiger partial charge in [0.15, 0.2) is 0 Å². The van der Waals surface area contributed by atoms with Crippen molar-refractivity contribution < 1.29 is 37.5 Å². The lowest BCUT2D eigenvalue weighted by molar-refractivity contribution is -0.141. The maximum atomic E-state index is 13.4. The van der Waals surface area contributed by atoms with Crippen LogP contribution in [0.4, 0.5) is 8.78 Å². The number of nitrogens with zero attached hydrogens (tertiary/aromatic N) is 2. The van der Waals surface area contributed by atoms with Gasteiger partial charge in [0.2, 0.25) is 29.9 Å². The molecule has 1 heterocycles. The van der Waals surface area contributed by atoms with Crippen LogP contribution in [0.15, 0.2) is 48.9 Å². The average Bonchev–Trinajstić information content (AvgIpc) is 3.54. The lowest BCUT2D eigenvalue weighted by atomic mass is 9.91. The number of alkyl halides is 2. The number of nitrogens with one attached hydrogen (secondary N) is 5. The molecule has 0 bridgehead atoms. The van der Waals surface area contributed by atoms with Crippen LogP contribution in [0.3, 0.4) is 0 Å². The number of carbonyl (C=O) groups is 6. The molecular formula is C36H49F2N7O6. The first-order valence-electron chi connectivity index (χ1n) is 17.3. The van der Waals surface area contributed by atoms with Crippen LogP contribution in [0.5, 0.6) is 0 Å². The topological polar surface area (TPSA) is 188 Å². The van der Waals surface area contributed by atoms with Gasteiger partial charge in [-0.05, 0) is 49.0 Å². The van der Waals surface area contributed by atoms with E-state index in [1.54, 1.807) is 65.0 Å². The molecule has 0 saturated heterocycles. The van der Waals surface area contributed by atoms with Crippen molar-refractivity contribution in [2.75, 3.05) is 6.54 Å². The van der Waals surface area contributed by atoms with Crippen LogP contribution in [0.25, 0.3) is 0 Å². The molecule has 1 unspecified atom stereocenters. The number of carbonyl (C=O) groups excluding carboxylic acids is 6. The molecular weight excluding hydrogens is 664 g/mol. The maximum Gasteiger partial charge on any atom is 0.290 e. The van der Waals surface area contributed by atoms with Crippen molar-refractivity contribution in [2.24, 2.45) is 23.7 Å². The van der Waals surface area contributed by atoms with Crippen molar-refractivity contribution in [1.82, 2.24) is 36.6 Å². The first-order chi connectivity index (χ1) is 24.2. The molecule has 0 radical (unpaired) electrons. The first-order valence-corrected chi connectivity index (χ1v) is 17.3. The van der Waals surface area contributed by atoms with Gasteiger partial charge in [0.1, 0.15) is 23.8 Å². The first kappa shape index (κ1) is 40.6. The summed E-state index contributed by atoms with van der Waals surface area (Å²) in [5, 5.41) is 13.2. The van der Waals surface area contributed by atoms with Gasteiger partial charge >= 0.3 is 0 Å². The molecule has 5 amide bonds. The summed E-state index contributed by atoms with van der Waals surface area (Å²) in [7, 11) is 0. The van der Waals surface area contributed by atoms with E-state index in [0.717, 1.165) is 12.0 Å². The Hall–Kier alpha value is -4.82. The third kappa shape index (κ3) is 12.5. The van der Waals surface area contributed by atoms with Gasteiger partial charge in [0.25, 0.3) is 11.8 Å².